The summed E-state index contributed by atoms with van der Waals surface area (Å²) >= 11 is 0. The van der Waals surface area contributed by atoms with Crippen molar-refractivity contribution in [3.63, 3.8) is 0 Å². The first kappa shape index (κ1) is 24.6. The third kappa shape index (κ3) is 6.53. The molecule has 1 aliphatic carbocycles. The summed E-state index contributed by atoms with van der Waals surface area (Å²) in [6, 6.07) is 10.8. The van der Waals surface area contributed by atoms with Gasteiger partial charge in [-0.3, -0.25) is 14.4 Å². The Bertz CT molecular complexity index is 1100. The van der Waals surface area contributed by atoms with Gasteiger partial charge >= 0.3 is 0 Å². The van der Waals surface area contributed by atoms with Gasteiger partial charge in [0.25, 0.3) is 0 Å². The molecule has 1 aliphatic heterocycles. The molecule has 0 unspecified atom stereocenters. The zero-order valence-corrected chi connectivity index (χ0v) is 19.5. The van der Waals surface area contributed by atoms with Crippen molar-refractivity contribution in [2.45, 2.75) is 50.7 Å². The highest BCUT2D eigenvalue weighted by molar-refractivity contribution is 5.92. The lowest BCUT2D eigenvalue weighted by Gasteiger charge is -2.32. The minimum atomic E-state index is -0.928. The number of amides is 3. The molecule has 3 amide bonds. The van der Waals surface area contributed by atoms with Gasteiger partial charge in [-0.1, -0.05) is 42.5 Å². The Morgan fingerprint density at radius 3 is 2.43 bits per heavy atom. The van der Waals surface area contributed by atoms with Gasteiger partial charge in [-0.25, -0.2) is 8.78 Å². The summed E-state index contributed by atoms with van der Waals surface area (Å²) in [5.74, 6) is -2.28. The molecule has 1 saturated carbocycles. The molecule has 2 aromatic rings. The molecule has 1 heterocycles. The number of halogens is 2. The normalized spacial score (nSPS) is 20.8. The Kier molecular flexibility index (Phi) is 7.58. The molecule has 35 heavy (non-hydrogen) atoms. The molecule has 3 atom stereocenters. The van der Waals surface area contributed by atoms with E-state index in [0.717, 1.165) is 36.6 Å². The quantitative estimate of drug-likeness (QED) is 0.567. The van der Waals surface area contributed by atoms with Gasteiger partial charge in [0, 0.05) is 12.6 Å². The smallest absolute Gasteiger partial charge is 0.246 e. The molecule has 0 saturated heterocycles. The molecule has 4 rings (SSSR count). The molecule has 184 valence electrons. The van der Waals surface area contributed by atoms with Crippen molar-refractivity contribution in [3.8, 4) is 0 Å². The number of nitrogens with zero attached hydrogens (tertiary/aromatic N) is 1. The number of nitrogens with one attached hydrogen (secondary N) is 2. The van der Waals surface area contributed by atoms with E-state index in [4.69, 9.17) is 0 Å². The van der Waals surface area contributed by atoms with Crippen molar-refractivity contribution in [2.75, 3.05) is 6.54 Å². The maximum Gasteiger partial charge on any atom is 0.246 e. The largest absolute Gasteiger partial charge is 0.344 e. The molecular formula is C27H29F2N3O3. The topological polar surface area (TPSA) is 78.5 Å². The van der Waals surface area contributed by atoms with E-state index in [1.807, 2.05) is 47.4 Å². The highest BCUT2D eigenvalue weighted by Gasteiger charge is 2.36. The van der Waals surface area contributed by atoms with E-state index in [0.29, 0.717) is 18.9 Å². The Labute approximate surface area is 203 Å². The van der Waals surface area contributed by atoms with Crippen molar-refractivity contribution in [1.29, 1.82) is 0 Å². The first-order valence-electron chi connectivity index (χ1n) is 11.9. The van der Waals surface area contributed by atoms with Crippen LogP contribution in [-0.2, 0) is 20.8 Å². The second kappa shape index (κ2) is 10.8. The summed E-state index contributed by atoms with van der Waals surface area (Å²) in [6.07, 6.45) is 6.17. The van der Waals surface area contributed by atoms with Crippen molar-refractivity contribution >= 4 is 17.7 Å². The highest BCUT2D eigenvalue weighted by atomic mass is 19.1. The molecule has 0 radical (unpaired) electrons. The fraction of sp³-hybridized carbons (Fsp3) is 0.370. The number of benzene rings is 2. The van der Waals surface area contributed by atoms with Gasteiger partial charge in [0.05, 0.1) is 12.5 Å². The summed E-state index contributed by atoms with van der Waals surface area (Å²) in [5.41, 5.74) is 1.18. The van der Waals surface area contributed by atoms with E-state index in [1.54, 1.807) is 0 Å². The fourth-order valence-electron chi connectivity index (χ4n) is 4.28. The first-order chi connectivity index (χ1) is 16.8. The van der Waals surface area contributed by atoms with Crippen LogP contribution in [0.3, 0.4) is 0 Å². The number of hydrogen-bond donors (Lipinski definition) is 2. The molecule has 2 aromatic carbocycles. The predicted molar refractivity (Wildman–Crippen MR) is 127 cm³/mol. The van der Waals surface area contributed by atoms with Gasteiger partial charge < -0.3 is 15.5 Å². The van der Waals surface area contributed by atoms with Crippen LogP contribution in [0.4, 0.5) is 8.78 Å². The highest BCUT2D eigenvalue weighted by Crippen LogP contribution is 2.35. The predicted octanol–water partition coefficient (Wildman–Crippen LogP) is 3.44. The third-order valence-electron chi connectivity index (χ3n) is 6.27. The Morgan fingerprint density at radius 1 is 1.09 bits per heavy atom. The fourth-order valence-corrected chi connectivity index (χ4v) is 4.28. The lowest BCUT2D eigenvalue weighted by Crippen LogP contribution is -2.53. The summed E-state index contributed by atoms with van der Waals surface area (Å²) in [5, 5.41) is 5.31. The first-order valence-corrected chi connectivity index (χ1v) is 11.9. The Balaban J connectivity index is 1.39. The summed E-state index contributed by atoms with van der Waals surface area (Å²) in [7, 11) is 0. The number of carbonyl (C=O) groups is 3. The minimum absolute atomic E-state index is 0.155. The van der Waals surface area contributed by atoms with Crippen molar-refractivity contribution < 1.29 is 23.2 Å². The Morgan fingerprint density at radius 2 is 1.77 bits per heavy atom. The zero-order chi connectivity index (χ0) is 24.9. The van der Waals surface area contributed by atoms with Crippen LogP contribution in [0.2, 0.25) is 0 Å². The van der Waals surface area contributed by atoms with Gasteiger partial charge in [0.2, 0.25) is 17.7 Å². The number of carbonyl (C=O) groups excluding carboxylic acids is 3. The van der Waals surface area contributed by atoms with Gasteiger partial charge in [0.1, 0.15) is 23.7 Å². The number of hydrogen-bond acceptors (Lipinski definition) is 3. The summed E-state index contributed by atoms with van der Waals surface area (Å²) in [4.78, 5) is 40.5. The lowest BCUT2D eigenvalue weighted by molar-refractivity contribution is -0.138. The second-order valence-electron chi connectivity index (χ2n) is 9.26. The summed E-state index contributed by atoms with van der Waals surface area (Å²) < 4.78 is 26.7. The zero-order valence-electron chi connectivity index (χ0n) is 19.5. The van der Waals surface area contributed by atoms with Crippen LogP contribution in [0.5, 0.6) is 0 Å². The molecule has 2 N–H and O–H groups in total. The van der Waals surface area contributed by atoms with Crippen molar-refractivity contribution in [1.82, 2.24) is 15.5 Å². The van der Waals surface area contributed by atoms with Crippen LogP contribution in [0, 0.1) is 17.6 Å². The van der Waals surface area contributed by atoms with Crippen LogP contribution in [-0.4, -0.2) is 41.2 Å². The van der Waals surface area contributed by atoms with Crippen molar-refractivity contribution in [2.24, 2.45) is 5.92 Å². The van der Waals surface area contributed by atoms with Crippen LogP contribution in [0.1, 0.15) is 43.4 Å². The van der Waals surface area contributed by atoms with E-state index < -0.39 is 35.5 Å². The molecule has 6 nitrogen and oxygen atoms in total. The molecule has 0 aromatic heterocycles. The van der Waals surface area contributed by atoms with Gasteiger partial charge in [0.15, 0.2) is 0 Å². The molecule has 2 aliphatic rings. The lowest BCUT2D eigenvalue weighted by atomic mass is 10.0. The van der Waals surface area contributed by atoms with Crippen LogP contribution >= 0.6 is 0 Å². The van der Waals surface area contributed by atoms with Crippen LogP contribution in [0.25, 0.3) is 0 Å². The van der Waals surface area contributed by atoms with Crippen LogP contribution in [0.15, 0.2) is 60.7 Å². The minimum Gasteiger partial charge on any atom is -0.344 e. The summed E-state index contributed by atoms with van der Waals surface area (Å²) in [6.45, 7) is 2.14. The molecule has 0 bridgehead atoms. The monoisotopic (exact) mass is 481 g/mol. The molecule has 8 heteroatoms. The standard InChI is InChI=1S/C27H29F2N3O3/c1-17(30-25(33)14-19-12-21(28)15-22(29)13-19)26(34)31-23-8-5-9-24(20-6-3-2-4-7-20)32(27(23)35)16-18-10-11-18/h2-7,9,12-13,15,17-18,23-24H,8,10-11,14,16H2,1H3,(H,30,33)(H,31,34)/t17-,23-,24-/m0/s1. The average Bonchev–Trinajstić information content (AvgIpc) is 3.64. The second-order valence-corrected chi connectivity index (χ2v) is 9.26. The SMILES string of the molecule is C[C@H](NC(=O)Cc1cc(F)cc(F)c1)C(=O)N[C@H]1CC=C[C@@H](c2ccccc2)N(CC2CC2)C1=O. The molecule has 1 fully saturated rings. The van der Waals surface area contributed by atoms with E-state index in [-0.39, 0.29) is 23.9 Å². The number of rotatable bonds is 8. The van der Waals surface area contributed by atoms with Crippen molar-refractivity contribution in [3.05, 3.63) is 83.4 Å². The van der Waals surface area contributed by atoms with Gasteiger partial charge in [-0.2, -0.15) is 0 Å². The van der Waals surface area contributed by atoms with E-state index in [2.05, 4.69) is 10.6 Å². The van der Waals surface area contributed by atoms with Gasteiger partial charge in [-0.15, -0.1) is 0 Å². The maximum absolute atomic E-state index is 13.5. The maximum atomic E-state index is 13.5. The van der Waals surface area contributed by atoms with Gasteiger partial charge in [-0.05, 0) is 55.4 Å². The van der Waals surface area contributed by atoms with E-state index >= 15 is 0 Å². The Hall–Kier alpha value is -3.55. The molecule has 0 spiro atoms. The third-order valence-corrected chi connectivity index (χ3v) is 6.27. The average molecular weight is 482 g/mol. The van der Waals surface area contributed by atoms with Crippen LogP contribution < -0.4 is 10.6 Å². The van der Waals surface area contributed by atoms with E-state index in [1.165, 1.54) is 6.92 Å². The molecular weight excluding hydrogens is 452 g/mol. The van der Waals surface area contributed by atoms with E-state index in [9.17, 15) is 23.2 Å².